The van der Waals surface area contributed by atoms with Crippen LogP contribution < -0.4 is 11.1 Å². The van der Waals surface area contributed by atoms with Crippen molar-refractivity contribution in [2.75, 3.05) is 31.5 Å². The van der Waals surface area contributed by atoms with Crippen molar-refractivity contribution in [3.8, 4) is 0 Å². The number of nitrogens with zero attached hydrogens (tertiary/aromatic N) is 1. The lowest BCUT2D eigenvalue weighted by atomic mass is 9.94. The van der Waals surface area contributed by atoms with Gasteiger partial charge in [-0.15, -0.1) is 0 Å². The highest BCUT2D eigenvalue weighted by molar-refractivity contribution is 5.93. The zero-order valence-corrected chi connectivity index (χ0v) is 13.2. The smallest absolute Gasteiger partial charge is 0.238 e. The van der Waals surface area contributed by atoms with Gasteiger partial charge in [0.1, 0.15) is 0 Å². The number of nitrogens with two attached hydrogens (primary N) is 1. The van der Waals surface area contributed by atoms with Crippen molar-refractivity contribution in [2.45, 2.75) is 33.1 Å². The van der Waals surface area contributed by atoms with E-state index in [1.54, 1.807) is 0 Å². The fraction of sp³-hybridized carbons (Fsp3) is 0.588. The van der Waals surface area contributed by atoms with Gasteiger partial charge in [-0.2, -0.15) is 0 Å². The van der Waals surface area contributed by atoms with E-state index in [4.69, 9.17) is 5.73 Å². The van der Waals surface area contributed by atoms with Crippen LogP contribution in [0.25, 0.3) is 0 Å². The summed E-state index contributed by atoms with van der Waals surface area (Å²) in [6.07, 6.45) is 3.43. The molecule has 1 aromatic rings. The first kappa shape index (κ1) is 16.0. The largest absolute Gasteiger partial charge is 0.330 e. The summed E-state index contributed by atoms with van der Waals surface area (Å²) in [4.78, 5) is 14.5. The lowest BCUT2D eigenvalue weighted by Crippen LogP contribution is -2.39. The third-order valence-electron chi connectivity index (χ3n) is 4.39. The van der Waals surface area contributed by atoms with Gasteiger partial charge in [-0.3, -0.25) is 9.69 Å². The summed E-state index contributed by atoms with van der Waals surface area (Å²) in [5.74, 6) is 0.831. The predicted octanol–water partition coefficient (Wildman–Crippen LogP) is 2.30. The summed E-state index contributed by atoms with van der Waals surface area (Å²) < 4.78 is 0. The lowest BCUT2D eigenvalue weighted by Gasteiger charge is -2.31. The first-order valence-electron chi connectivity index (χ1n) is 7.88. The molecule has 1 amide bonds. The molecule has 2 rings (SSSR count). The average Bonchev–Trinajstić information content (AvgIpc) is 2.45. The molecule has 21 heavy (non-hydrogen) atoms. The van der Waals surface area contributed by atoms with Crippen molar-refractivity contribution in [2.24, 2.45) is 11.7 Å². The van der Waals surface area contributed by atoms with E-state index in [0.717, 1.165) is 61.6 Å². The summed E-state index contributed by atoms with van der Waals surface area (Å²) in [6, 6.07) is 6.07. The van der Waals surface area contributed by atoms with Crippen molar-refractivity contribution in [1.82, 2.24) is 4.90 Å². The number of carbonyl (C=O) groups is 1. The van der Waals surface area contributed by atoms with E-state index in [0.29, 0.717) is 6.54 Å². The topological polar surface area (TPSA) is 58.4 Å². The number of piperidine rings is 1. The molecule has 1 aliphatic heterocycles. The van der Waals surface area contributed by atoms with Gasteiger partial charge in [0.2, 0.25) is 5.91 Å². The van der Waals surface area contributed by atoms with E-state index >= 15 is 0 Å². The van der Waals surface area contributed by atoms with Crippen LogP contribution in [0.2, 0.25) is 0 Å². The average molecular weight is 289 g/mol. The van der Waals surface area contributed by atoms with Crippen molar-refractivity contribution in [3.63, 3.8) is 0 Å². The van der Waals surface area contributed by atoms with E-state index in [9.17, 15) is 4.79 Å². The fourth-order valence-electron chi connectivity index (χ4n) is 3.06. The second kappa shape index (κ2) is 7.57. The molecule has 1 fully saturated rings. The van der Waals surface area contributed by atoms with Crippen LogP contribution in [0.3, 0.4) is 0 Å². The predicted molar refractivity (Wildman–Crippen MR) is 87.4 cm³/mol. The molecule has 0 radical (unpaired) electrons. The van der Waals surface area contributed by atoms with Crippen molar-refractivity contribution < 1.29 is 4.79 Å². The molecule has 4 nitrogen and oxygen atoms in total. The molecule has 0 spiro atoms. The minimum absolute atomic E-state index is 0.0877. The standard InChI is InChI=1S/C17H27N3O/c1-13-4-3-5-14(2)17(13)19-16(21)12-20-10-7-15(6-9-18)8-11-20/h3-5,15H,6-12,18H2,1-2H3,(H,19,21). The summed E-state index contributed by atoms with van der Waals surface area (Å²) in [5.41, 5.74) is 8.80. The third-order valence-corrected chi connectivity index (χ3v) is 4.39. The highest BCUT2D eigenvalue weighted by Gasteiger charge is 2.20. The van der Waals surface area contributed by atoms with Gasteiger partial charge in [0.15, 0.2) is 0 Å². The number of anilines is 1. The summed E-state index contributed by atoms with van der Waals surface area (Å²) in [5, 5.41) is 3.06. The molecular weight excluding hydrogens is 262 g/mol. The first-order chi connectivity index (χ1) is 10.1. The van der Waals surface area contributed by atoms with E-state index in [2.05, 4.69) is 10.2 Å². The second-order valence-corrected chi connectivity index (χ2v) is 6.11. The second-order valence-electron chi connectivity index (χ2n) is 6.11. The van der Waals surface area contributed by atoms with Crippen molar-refractivity contribution >= 4 is 11.6 Å². The minimum Gasteiger partial charge on any atom is -0.330 e. The fourth-order valence-corrected chi connectivity index (χ4v) is 3.06. The summed E-state index contributed by atoms with van der Waals surface area (Å²) in [6.45, 7) is 7.33. The van der Waals surface area contributed by atoms with E-state index < -0.39 is 0 Å². The highest BCUT2D eigenvalue weighted by Crippen LogP contribution is 2.21. The molecule has 116 valence electrons. The van der Waals surface area contributed by atoms with Crippen molar-refractivity contribution in [3.05, 3.63) is 29.3 Å². The number of para-hydroxylation sites is 1. The Bertz CT molecular complexity index is 459. The molecule has 4 heteroatoms. The van der Waals surface area contributed by atoms with Gasteiger partial charge in [-0.25, -0.2) is 0 Å². The molecule has 1 aliphatic rings. The number of likely N-dealkylation sites (tertiary alicyclic amines) is 1. The molecule has 0 aromatic heterocycles. The van der Waals surface area contributed by atoms with Gasteiger partial charge >= 0.3 is 0 Å². The maximum atomic E-state index is 12.2. The monoisotopic (exact) mass is 289 g/mol. The zero-order chi connectivity index (χ0) is 15.2. The van der Waals surface area contributed by atoms with Gasteiger partial charge in [0, 0.05) is 5.69 Å². The number of hydrogen-bond acceptors (Lipinski definition) is 3. The van der Waals surface area contributed by atoms with E-state index in [-0.39, 0.29) is 5.91 Å². The van der Waals surface area contributed by atoms with Crippen LogP contribution >= 0.6 is 0 Å². The van der Waals surface area contributed by atoms with Crippen LogP contribution in [0.4, 0.5) is 5.69 Å². The van der Waals surface area contributed by atoms with E-state index in [1.807, 2.05) is 32.0 Å². The van der Waals surface area contributed by atoms with Gasteiger partial charge in [0.25, 0.3) is 0 Å². The third kappa shape index (κ3) is 4.55. The first-order valence-corrected chi connectivity index (χ1v) is 7.88. The number of aryl methyl sites for hydroxylation is 2. The summed E-state index contributed by atoms with van der Waals surface area (Å²) in [7, 11) is 0. The van der Waals surface area contributed by atoms with E-state index in [1.165, 1.54) is 0 Å². The minimum atomic E-state index is 0.0877. The van der Waals surface area contributed by atoms with Crippen LogP contribution in [0.5, 0.6) is 0 Å². The number of amides is 1. The van der Waals surface area contributed by atoms with Gasteiger partial charge in [0.05, 0.1) is 6.54 Å². The molecule has 0 saturated carbocycles. The molecule has 0 atom stereocenters. The van der Waals surface area contributed by atoms with Crippen molar-refractivity contribution in [1.29, 1.82) is 0 Å². The SMILES string of the molecule is Cc1cccc(C)c1NC(=O)CN1CCC(CCN)CC1. The Morgan fingerprint density at radius 1 is 1.29 bits per heavy atom. The van der Waals surface area contributed by atoms with Gasteiger partial charge < -0.3 is 11.1 Å². The van der Waals surface area contributed by atoms with Crippen LogP contribution in [0.1, 0.15) is 30.4 Å². The molecule has 3 N–H and O–H groups in total. The Hall–Kier alpha value is -1.39. The van der Waals surface area contributed by atoms with Crippen LogP contribution in [0.15, 0.2) is 18.2 Å². The maximum Gasteiger partial charge on any atom is 0.238 e. The number of hydrogen-bond donors (Lipinski definition) is 2. The van der Waals surface area contributed by atoms with Crippen LogP contribution in [0, 0.1) is 19.8 Å². The number of rotatable bonds is 5. The lowest BCUT2D eigenvalue weighted by molar-refractivity contribution is -0.117. The van der Waals surface area contributed by atoms with Crippen LogP contribution in [-0.4, -0.2) is 37.0 Å². The Morgan fingerprint density at radius 2 is 1.90 bits per heavy atom. The molecular formula is C17H27N3O. The number of benzene rings is 1. The Kier molecular flexibility index (Phi) is 5.76. The quantitative estimate of drug-likeness (QED) is 0.874. The zero-order valence-electron chi connectivity index (χ0n) is 13.2. The molecule has 0 unspecified atom stereocenters. The van der Waals surface area contributed by atoms with Gasteiger partial charge in [-0.1, -0.05) is 18.2 Å². The molecule has 0 aliphatic carbocycles. The summed E-state index contributed by atoms with van der Waals surface area (Å²) >= 11 is 0. The molecule has 1 saturated heterocycles. The molecule has 1 heterocycles. The Balaban J connectivity index is 1.83. The van der Waals surface area contributed by atoms with Crippen LogP contribution in [-0.2, 0) is 4.79 Å². The Labute approximate surface area is 127 Å². The molecule has 0 bridgehead atoms. The number of nitrogens with one attached hydrogen (secondary N) is 1. The van der Waals surface area contributed by atoms with Gasteiger partial charge in [-0.05, 0) is 69.8 Å². The highest BCUT2D eigenvalue weighted by atomic mass is 16.2. The molecule has 1 aromatic carbocycles. The maximum absolute atomic E-state index is 12.2. The normalized spacial score (nSPS) is 16.9. The number of carbonyl (C=O) groups excluding carboxylic acids is 1. The Morgan fingerprint density at radius 3 is 2.48 bits per heavy atom.